The molecule has 0 aromatic carbocycles. The van der Waals surface area contributed by atoms with Gasteiger partial charge in [-0.25, -0.2) is 4.68 Å². The minimum Gasteiger partial charge on any atom is -0.219 e. The Hall–Kier alpha value is -1.20. The molecule has 0 N–H and O–H groups in total. The Kier molecular flexibility index (Phi) is 2.12. The lowest BCUT2D eigenvalue weighted by molar-refractivity contribution is 0.813. The molecule has 2 aromatic heterocycles. The zero-order valence-electron chi connectivity index (χ0n) is 6.22. The lowest BCUT2D eigenvalue weighted by Gasteiger charge is -1.96. The van der Waals surface area contributed by atoms with Gasteiger partial charge in [-0.2, -0.15) is 15.2 Å². The Balaban J connectivity index is 2.46. The van der Waals surface area contributed by atoms with Gasteiger partial charge in [0.2, 0.25) is 5.28 Å². The van der Waals surface area contributed by atoms with E-state index in [2.05, 4.69) is 20.3 Å². The van der Waals surface area contributed by atoms with Crippen molar-refractivity contribution in [2.75, 3.05) is 0 Å². The molecule has 5 nitrogen and oxygen atoms in total. The molecule has 7 heteroatoms. The first-order valence-electron chi connectivity index (χ1n) is 3.31. The second kappa shape index (κ2) is 3.27. The first-order valence-corrected chi connectivity index (χ1v) is 4.07. The molecule has 0 radical (unpaired) electrons. The molecule has 2 rings (SSSR count). The van der Waals surface area contributed by atoms with E-state index in [4.69, 9.17) is 23.2 Å². The summed E-state index contributed by atoms with van der Waals surface area (Å²) in [6, 6.07) is 0. The maximum Gasteiger partial charge on any atom is 0.244 e. The van der Waals surface area contributed by atoms with Crippen LogP contribution in [-0.4, -0.2) is 25.0 Å². The quantitative estimate of drug-likeness (QED) is 0.722. The first-order chi connectivity index (χ1) is 6.25. The molecule has 0 saturated carbocycles. The average molecular weight is 216 g/mol. The highest BCUT2D eigenvalue weighted by Crippen LogP contribution is 2.09. The summed E-state index contributed by atoms with van der Waals surface area (Å²) in [6.07, 6.45) is 4.54. The van der Waals surface area contributed by atoms with E-state index in [-0.39, 0.29) is 5.28 Å². The Morgan fingerprint density at radius 2 is 2.08 bits per heavy atom. The summed E-state index contributed by atoms with van der Waals surface area (Å²) in [7, 11) is 0. The normalized spacial score (nSPS) is 10.3. The van der Waals surface area contributed by atoms with Crippen molar-refractivity contribution in [1.29, 1.82) is 0 Å². The molecule has 0 bridgehead atoms. The van der Waals surface area contributed by atoms with Gasteiger partial charge < -0.3 is 0 Å². The SMILES string of the molecule is Clc1cnn(-c2cnnc(Cl)n2)c1. The standard InChI is InChI=1S/C6H3Cl2N5/c7-4-1-10-13(3-4)5-2-9-12-6(8)11-5/h1-3H. The summed E-state index contributed by atoms with van der Waals surface area (Å²) < 4.78 is 1.46. The summed E-state index contributed by atoms with van der Waals surface area (Å²) in [4.78, 5) is 3.89. The van der Waals surface area contributed by atoms with Crippen LogP contribution in [0.4, 0.5) is 0 Å². The Morgan fingerprint density at radius 1 is 1.23 bits per heavy atom. The highest BCUT2D eigenvalue weighted by Gasteiger charge is 2.01. The third-order valence-electron chi connectivity index (χ3n) is 1.31. The molecule has 0 fully saturated rings. The second-order valence-corrected chi connectivity index (χ2v) is 2.96. The van der Waals surface area contributed by atoms with Gasteiger partial charge in [-0.05, 0) is 11.6 Å². The van der Waals surface area contributed by atoms with E-state index in [0.717, 1.165) is 0 Å². The van der Waals surface area contributed by atoms with Crippen LogP contribution >= 0.6 is 23.2 Å². The fourth-order valence-corrected chi connectivity index (χ4v) is 1.08. The highest BCUT2D eigenvalue weighted by molar-refractivity contribution is 6.30. The topological polar surface area (TPSA) is 56.5 Å². The Labute approximate surface area is 83.3 Å². The molecule has 0 spiro atoms. The van der Waals surface area contributed by atoms with Gasteiger partial charge in [-0.3, -0.25) is 0 Å². The van der Waals surface area contributed by atoms with Gasteiger partial charge in [0.1, 0.15) is 0 Å². The van der Waals surface area contributed by atoms with Crippen LogP contribution in [0, 0.1) is 0 Å². The molecule has 0 aliphatic heterocycles. The lowest BCUT2D eigenvalue weighted by atomic mass is 10.7. The van der Waals surface area contributed by atoms with Crippen LogP contribution in [0.15, 0.2) is 18.6 Å². The molecule has 2 heterocycles. The number of nitrogens with zero attached hydrogens (tertiary/aromatic N) is 5. The van der Waals surface area contributed by atoms with E-state index < -0.39 is 0 Å². The number of hydrogen-bond donors (Lipinski definition) is 0. The van der Waals surface area contributed by atoms with Crippen LogP contribution in [0.5, 0.6) is 0 Å². The summed E-state index contributed by atoms with van der Waals surface area (Å²) in [5.74, 6) is 0.479. The maximum absolute atomic E-state index is 5.67. The Morgan fingerprint density at radius 3 is 2.69 bits per heavy atom. The smallest absolute Gasteiger partial charge is 0.219 e. The Bertz CT molecular complexity index is 426. The van der Waals surface area contributed by atoms with E-state index in [1.807, 2.05) is 0 Å². The van der Waals surface area contributed by atoms with Crippen molar-refractivity contribution < 1.29 is 0 Å². The summed E-state index contributed by atoms with van der Waals surface area (Å²) in [5, 5.41) is 11.6. The molecular weight excluding hydrogens is 213 g/mol. The molecule has 0 aliphatic carbocycles. The van der Waals surface area contributed by atoms with Gasteiger partial charge in [-0.15, -0.1) is 5.10 Å². The molecule has 0 aliphatic rings. The minimum absolute atomic E-state index is 0.0733. The van der Waals surface area contributed by atoms with Crippen LogP contribution < -0.4 is 0 Å². The maximum atomic E-state index is 5.67. The molecule has 0 saturated heterocycles. The summed E-state index contributed by atoms with van der Waals surface area (Å²) >= 11 is 11.2. The predicted molar refractivity (Wildman–Crippen MR) is 47.0 cm³/mol. The number of aromatic nitrogens is 5. The lowest BCUT2D eigenvalue weighted by Crippen LogP contribution is -2.00. The van der Waals surface area contributed by atoms with E-state index >= 15 is 0 Å². The van der Waals surface area contributed by atoms with Gasteiger partial charge in [-0.1, -0.05) is 11.6 Å². The third kappa shape index (κ3) is 1.76. The second-order valence-electron chi connectivity index (χ2n) is 2.19. The number of halogens is 2. The van der Waals surface area contributed by atoms with Gasteiger partial charge in [0, 0.05) is 0 Å². The molecule has 2 aromatic rings. The fraction of sp³-hybridized carbons (Fsp3) is 0. The van der Waals surface area contributed by atoms with Crippen molar-refractivity contribution in [1.82, 2.24) is 25.0 Å². The van der Waals surface area contributed by atoms with Crippen LogP contribution in [0.3, 0.4) is 0 Å². The largest absolute Gasteiger partial charge is 0.244 e. The molecule has 66 valence electrons. The molecule has 0 atom stereocenters. The monoisotopic (exact) mass is 215 g/mol. The fourth-order valence-electron chi connectivity index (χ4n) is 0.810. The summed E-state index contributed by atoms with van der Waals surface area (Å²) in [6.45, 7) is 0. The van der Waals surface area contributed by atoms with Gasteiger partial charge >= 0.3 is 0 Å². The van der Waals surface area contributed by atoms with Crippen molar-refractivity contribution in [2.45, 2.75) is 0 Å². The van der Waals surface area contributed by atoms with Crippen molar-refractivity contribution in [3.05, 3.63) is 28.9 Å². The van der Waals surface area contributed by atoms with Crippen LogP contribution in [-0.2, 0) is 0 Å². The van der Waals surface area contributed by atoms with Crippen LogP contribution in [0.25, 0.3) is 5.82 Å². The van der Waals surface area contributed by atoms with E-state index in [1.54, 1.807) is 6.20 Å². The van der Waals surface area contributed by atoms with Crippen molar-refractivity contribution in [2.24, 2.45) is 0 Å². The van der Waals surface area contributed by atoms with Crippen LogP contribution in [0.1, 0.15) is 0 Å². The zero-order chi connectivity index (χ0) is 9.26. The molecule has 13 heavy (non-hydrogen) atoms. The van der Waals surface area contributed by atoms with Crippen LogP contribution in [0.2, 0.25) is 10.3 Å². The van der Waals surface area contributed by atoms with Gasteiger partial charge in [0.25, 0.3) is 0 Å². The predicted octanol–water partition coefficient (Wildman–Crippen LogP) is 1.36. The number of rotatable bonds is 1. The third-order valence-corrected chi connectivity index (χ3v) is 1.66. The van der Waals surface area contributed by atoms with Gasteiger partial charge in [0.15, 0.2) is 5.82 Å². The van der Waals surface area contributed by atoms with E-state index in [1.165, 1.54) is 17.1 Å². The molecule has 0 unspecified atom stereocenters. The number of hydrogen-bond acceptors (Lipinski definition) is 4. The highest BCUT2D eigenvalue weighted by atomic mass is 35.5. The molecular formula is C6H3Cl2N5. The first kappa shape index (κ1) is 8.40. The molecule has 0 amide bonds. The minimum atomic E-state index is 0.0733. The summed E-state index contributed by atoms with van der Waals surface area (Å²) in [5.41, 5.74) is 0. The van der Waals surface area contributed by atoms with Crippen molar-refractivity contribution in [3.8, 4) is 5.82 Å². The van der Waals surface area contributed by atoms with Gasteiger partial charge in [0.05, 0.1) is 23.6 Å². The van der Waals surface area contributed by atoms with E-state index in [9.17, 15) is 0 Å². The average Bonchev–Trinajstić information content (AvgIpc) is 2.52. The van der Waals surface area contributed by atoms with Crippen molar-refractivity contribution >= 4 is 23.2 Å². The van der Waals surface area contributed by atoms with Crippen molar-refractivity contribution in [3.63, 3.8) is 0 Å². The van der Waals surface area contributed by atoms with E-state index in [0.29, 0.717) is 10.8 Å². The zero-order valence-corrected chi connectivity index (χ0v) is 7.74.